The summed E-state index contributed by atoms with van der Waals surface area (Å²) in [5.74, 6) is -0.490. The van der Waals surface area contributed by atoms with E-state index in [4.69, 9.17) is 10.4 Å². The molecule has 0 bridgehead atoms. The first-order valence-electron chi connectivity index (χ1n) is 3.84. The fourth-order valence-corrected chi connectivity index (χ4v) is 0.752. The van der Waals surface area contributed by atoms with Gasteiger partial charge in [0.1, 0.15) is 0 Å². The highest BCUT2D eigenvalue weighted by molar-refractivity contribution is 7.49. The molecule has 77 valence electrons. The van der Waals surface area contributed by atoms with Crippen molar-refractivity contribution in [2.45, 2.75) is 26.2 Å². The Morgan fingerprint density at radius 1 is 1.62 bits per heavy atom. The summed E-state index contributed by atoms with van der Waals surface area (Å²) < 4.78 is 18.6. The predicted octanol–water partition coefficient (Wildman–Crippen LogP) is 1.08. The van der Waals surface area contributed by atoms with Crippen molar-refractivity contribution in [1.29, 1.82) is 0 Å². The second-order valence-electron chi connectivity index (χ2n) is 2.39. The summed E-state index contributed by atoms with van der Waals surface area (Å²) in [5.41, 5.74) is 6.41. The molecule has 0 heterocycles. The van der Waals surface area contributed by atoms with Crippen LogP contribution < -0.4 is 5.50 Å². The molecule has 0 spiro atoms. The van der Waals surface area contributed by atoms with E-state index in [1.54, 1.807) is 0 Å². The minimum absolute atomic E-state index is 0.258. The van der Waals surface area contributed by atoms with Crippen LogP contribution in [-0.2, 0) is 18.6 Å². The maximum Gasteiger partial charge on any atom is 0.419 e. The van der Waals surface area contributed by atoms with Gasteiger partial charge in [-0.3, -0.25) is 9.32 Å². The highest BCUT2D eigenvalue weighted by Crippen LogP contribution is 2.33. The number of ether oxygens (including phenoxy) is 1. The third-order valence-electron chi connectivity index (χ3n) is 1.18. The molecule has 7 heteroatoms. The number of hydrogen-bond donors (Lipinski definition) is 1. The van der Waals surface area contributed by atoms with Crippen molar-refractivity contribution in [3.8, 4) is 0 Å². The molecule has 0 aromatic carbocycles. The van der Waals surface area contributed by atoms with Gasteiger partial charge in [0.25, 0.3) is 0 Å². The SMILES string of the molecule is CCCCC(=O)OCOP([NH])(=O)O. The van der Waals surface area contributed by atoms with Gasteiger partial charge in [0, 0.05) is 6.42 Å². The van der Waals surface area contributed by atoms with Gasteiger partial charge in [-0.15, -0.1) is 5.50 Å². The van der Waals surface area contributed by atoms with Crippen LogP contribution >= 0.6 is 7.75 Å². The van der Waals surface area contributed by atoms with E-state index < -0.39 is 20.5 Å². The van der Waals surface area contributed by atoms with Crippen molar-refractivity contribution < 1.29 is 23.5 Å². The van der Waals surface area contributed by atoms with E-state index in [-0.39, 0.29) is 6.42 Å². The molecule has 0 aliphatic carbocycles. The molecule has 1 atom stereocenters. The summed E-state index contributed by atoms with van der Waals surface area (Å²) in [6, 6.07) is 0. The second-order valence-corrected chi connectivity index (χ2v) is 3.69. The molecule has 0 rings (SSSR count). The number of carbonyl (C=O) groups is 1. The number of unbranched alkanes of at least 4 members (excludes halogenated alkanes) is 1. The maximum atomic E-state index is 10.8. The van der Waals surface area contributed by atoms with E-state index in [0.29, 0.717) is 6.42 Å². The summed E-state index contributed by atoms with van der Waals surface area (Å²) >= 11 is 0. The van der Waals surface area contributed by atoms with E-state index in [2.05, 4.69) is 9.26 Å². The molecule has 6 nitrogen and oxygen atoms in total. The van der Waals surface area contributed by atoms with E-state index >= 15 is 0 Å². The number of esters is 1. The Hall–Kier alpha value is -0.420. The largest absolute Gasteiger partial charge is 0.438 e. The highest BCUT2D eigenvalue weighted by Gasteiger charge is 2.13. The van der Waals surface area contributed by atoms with E-state index in [1.807, 2.05) is 6.92 Å². The van der Waals surface area contributed by atoms with Crippen LogP contribution in [0.25, 0.3) is 0 Å². The van der Waals surface area contributed by atoms with Gasteiger partial charge >= 0.3 is 13.7 Å². The molecule has 0 amide bonds. The van der Waals surface area contributed by atoms with E-state index in [1.165, 1.54) is 0 Å². The summed E-state index contributed by atoms with van der Waals surface area (Å²) in [5, 5.41) is 0. The van der Waals surface area contributed by atoms with Gasteiger partial charge in [0.15, 0.2) is 0 Å². The summed E-state index contributed by atoms with van der Waals surface area (Å²) in [7, 11) is -4.28. The fourth-order valence-electron chi connectivity index (χ4n) is 0.557. The van der Waals surface area contributed by atoms with Crippen molar-refractivity contribution in [3.63, 3.8) is 0 Å². The van der Waals surface area contributed by atoms with Crippen LogP contribution in [0, 0.1) is 0 Å². The number of hydrogen-bond acceptors (Lipinski definition) is 4. The van der Waals surface area contributed by atoms with E-state index in [0.717, 1.165) is 6.42 Å². The van der Waals surface area contributed by atoms with E-state index in [9.17, 15) is 9.36 Å². The van der Waals surface area contributed by atoms with Crippen molar-refractivity contribution in [3.05, 3.63) is 0 Å². The fraction of sp³-hybridized carbons (Fsp3) is 0.833. The first kappa shape index (κ1) is 12.6. The van der Waals surface area contributed by atoms with Crippen molar-refractivity contribution in [2.24, 2.45) is 0 Å². The minimum Gasteiger partial charge on any atom is -0.438 e. The Bertz CT molecular complexity index is 201. The summed E-state index contributed by atoms with van der Waals surface area (Å²) in [6.07, 6.45) is 1.83. The van der Waals surface area contributed by atoms with Crippen LogP contribution in [0.15, 0.2) is 0 Å². The van der Waals surface area contributed by atoms with Crippen molar-refractivity contribution >= 4 is 13.7 Å². The van der Waals surface area contributed by atoms with Gasteiger partial charge in [0.2, 0.25) is 6.79 Å². The third-order valence-corrected chi connectivity index (χ3v) is 1.64. The van der Waals surface area contributed by atoms with Gasteiger partial charge in [-0.2, -0.15) is 0 Å². The van der Waals surface area contributed by atoms with Gasteiger partial charge in [-0.1, -0.05) is 13.3 Å². The molecule has 0 saturated carbocycles. The smallest absolute Gasteiger partial charge is 0.419 e. The van der Waals surface area contributed by atoms with Crippen LogP contribution in [-0.4, -0.2) is 17.7 Å². The standard InChI is InChI=1S/C6H13NO5P/c1-2-3-4-6(8)11-5-12-13(7,9)10/h7H,2-5H2,1H3,(H,9,10). The van der Waals surface area contributed by atoms with Gasteiger partial charge in [0.05, 0.1) is 0 Å². The average Bonchev–Trinajstić information content (AvgIpc) is 1.98. The first-order chi connectivity index (χ1) is 5.95. The Morgan fingerprint density at radius 3 is 2.69 bits per heavy atom. The normalized spacial score (nSPS) is 15.0. The third kappa shape index (κ3) is 9.49. The molecule has 0 aromatic rings. The Kier molecular flexibility index (Phi) is 5.90. The zero-order chi connectivity index (χ0) is 10.3. The van der Waals surface area contributed by atoms with Crippen LogP contribution in [0.1, 0.15) is 26.2 Å². The van der Waals surface area contributed by atoms with Gasteiger partial charge in [-0.25, -0.2) is 4.57 Å². The Morgan fingerprint density at radius 2 is 2.23 bits per heavy atom. The number of rotatable bonds is 6. The lowest BCUT2D eigenvalue weighted by Crippen LogP contribution is -2.07. The zero-order valence-corrected chi connectivity index (χ0v) is 8.25. The summed E-state index contributed by atoms with van der Waals surface area (Å²) in [6.45, 7) is 1.29. The molecule has 0 saturated heterocycles. The lowest BCUT2D eigenvalue weighted by atomic mass is 10.3. The van der Waals surface area contributed by atoms with Crippen LogP contribution in [0.3, 0.4) is 0 Å². The number of carbonyl (C=O) groups excluding carboxylic acids is 1. The first-order valence-corrected chi connectivity index (χ1v) is 5.41. The Labute approximate surface area is 76.6 Å². The van der Waals surface area contributed by atoms with Gasteiger partial charge < -0.3 is 9.63 Å². The second kappa shape index (κ2) is 6.10. The van der Waals surface area contributed by atoms with Crippen LogP contribution in [0.4, 0.5) is 0 Å². The quantitative estimate of drug-likeness (QED) is 0.402. The lowest BCUT2D eigenvalue weighted by molar-refractivity contribution is -0.150. The van der Waals surface area contributed by atoms with Crippen molar-refractivity contribution in [2.75, 3.05) is 6.79 Å². The molecule has 13 heavy (non-hydrogen) atoms. The summed E-state index contributed by atoms with van der Waals surface area (Å²) in [4.78, 5) is 19.1. The maximum absolute atomic E-state index is 10.8. The molecule has 2 N–H and O–H groups in total. The monoisotopic (exact) mass is 210 g/mol. The molecular weight excluding hydrogens is 197 g/mol. The predicted molar refractivity (Wildman–Crippen MR) is 44.5 cm³/mol. The average molecular weight is 210 g/mol. The lowest BCUT2D eigenvalue weighted by Gasteiger charge is -2.06. The highest BCUT2D eigenvalue weighted by atomic mass is 31.2. The van der Waals surface area contributed by atoms with Crippen LogP contribution in [0.2, 0.25) is 0 Å². The van der Waals surface area contributed by atoms with Crippen molar-refractivity contribution in [1.82, 2.24) is 5.50 Å². The minimum atomic E-state index is -4.28. The molecule has 0 aliphatic heterocycles. The molecular formula is C6H13NO5P. The molecule has 1 unspecified atom stereocenters. The molecule has 0 fully saturated rings. The Balaban J connectivity index is 3.43. The zero-order valence-electron chi connectivity index (χ0n) is 7.36. The molecule has 1 radical (unpaired) electrons. The van der Waals surface area contributed by atoms with Gasteiger partial charge in [-0.05, 0) is 6.42 Å². The topological polar surface area (TPSA) is 96.6 Å². The molecule has 0 aromatic heterocycles. The number of nitrogens with one attached hydrogen (secondary N) is 1. The molecule has 0 aliphatic rings. The van der Waals surface area contributed by atoms with Crippen LogP contribution in [0.5, 0.6) is 0 Å².